The highest BCUT2D eigenvalue weighted by Gasteiger charge is 2.07. The van der Waals surface area contributed by atoms with Crippen LogP contribution in [0.4, 0.5) is 0 Å². The summed E-state index contributed by atoms with van der Waals surface area (Å²) >= 11 is 0. The zero-order valence-electron chi connectivity index (χ0n) is 8.44. The number of carbonyl (C=O) groups excluding carboxylic acids is 2. The maximum atomic E-state index is 11.4. The Bertz CT molecular complexity index is 375. The second-order valence-corrected chi connectivity index (χ2v) is 2.76. The molecule has 1 amide bonds. The van der Waals surface area contributed by atoms with Crippen LogP contribution in [0.1, 0.15) is 17.3 Å². The molecule has 0 unspecified atom stereocenters. The van der Waals surface area contributed by atoms with Gasteiger partial charge in [-0.25, -0.2) is 0 Å². The summed E-state index contributed by atoms with van der Waals surface area (Å²) in [5.41, 5.74) is 2.36. The molecule has 5 heteroatoms. The van der Waals surface area contributed by atoms with E-state index in [-0.39, 0.29) is 0 Å². The number of benzene rings is 1. The number of rotatable bonds is 2. The standard InChI is InChI=1S/C10H11NO4/c1-7(12)15-11-10(13)8-4-3-5-9(6-8)14-2/h3-6H,1-2H3,(H,11,13). The fourth-order valence-corrected chi connectivity index (χ4v) is 0.941. The van der Waals surface area contributed by atoms with E-state index in [0.29, 0.717) is 11.3 Å². The van der Waals surface area contributed by atoms with Gasteiger partial charge in [-0.2, -0.15) is 5.48 Å². The maximum absolute atomic E-state index is 11.4. The number of hydrogen-bond donors (Lipinski definition) is 1. The summed E-state index contributed by atoms with van der Waals surface area (Å²) < 4.78 is 4.94. The quantitative estimate of drug-likeness (QED) is 0.735. The minimum Gasteiger partial charge on any atom is -0.497 e. The first-order chi connectivity index (χ1) is 7.13. The normalized spacial score (nSPS) is 9.20. The van der Waals surface area contributed by atoms with E-state index in [1.807, 2.05) is 5.48 Å². The highest BCUT2D eigenvalue weighted by molar-refractivity contribution is 5.94. The van der Waals surface area contributed by atoms with Crippen molar-refractivity contribution < 1.29 is 19.2 Å². The van der Waals surface area contributed by atoms with Crippen LogP contribution < -0.4 is 10.2 Å². The summed E-state index contributed by atoms with van der Waals surface area (Å²) in [6, 6.07) is 6.50. The van der Waals surface area contributed by atoms with Gasteiger partial charge in [0.2, 0.25) is 0 Å². The molecular weight excluding hydrogens is 198 g/mol. The van der Waals surface area contributed by atoms with E-state index in [1.165, 1.54) is 14.0 Å². The summed E-state index contributed by atoms with van der Waals surface area (Å²) in [4.78, 5) is 26.2. The molecule has 1 aromatic carbocycles. The Kier molecular flexibility index (Phi) is 3.68. The minimum absolute atomic E-state index is 0.357. The lowest BCUT2D eigenvalue weighted by Crippen LogP contribution is -2.25. The molecule has 80 valence electrons. The zero-order valence-corrected chi connectivity index (χ0v) is 8.44. The highest BCUT2D eigenvalue weighted by Crippen LogP contribution is 2.12. The van der Waals surface area contributed by atoms with Crippen molar-refractivity contribution in [1.29, 1.82) is 0 Å². The smallest absolute Gasteiger partial charge is 0.329 e. The van der Waals surface area contributed by atoms with Gasteiger partial charge >= 0.3 is 5.97 Å². The monoisotopic (exact) mass is 209 g/mol. The van der Waals surface area contributed by atoms with Crippen molar-refractivity contribution in [1.82, 2.24) is 5.48 Å². The average Bonchev–Trinajstić information content (AvgIpc) is 2.26. The van der Waals surface area contributed by atoms with Crippen LogP contribution >= 0.6 is 0 Å². The van der Waals surface area contributed by atoms with Gasteiger partial charge in [0.15, 0.2) is 0 Å². The molecule has 0 aliphatic heterocycles. The van der Waals surface area contributed by atoms with E-state index < -0.39 is 11.9 Å². The highest BCUT2D eigenvalue weighted by atomic mass is 16.7. The molecule has 0 aromatic heterocycles. The van der Waals surface area contributed by atoms with Gasteiger partial charge in [-0.3, -0.25) is 9.59 Å². The van der Waals surface area contributed by atoms with Crippen molar-refractivity contribution in [3.8, 4) is 5.75 Å². The van der Waals surface area contributed by atoms with E-state index in [1.54, 1.807) is 24.3 Å². The number of ether oxygens (including phenoxy) is 1. The lowest BCUT2D eigenvalue weighted by molar-refractivity contribution is -0.146. The molecule has 1 rings (SSSR count). The van der Waals surface area contributed by atoms with E-state index in [2.05, 4.69) is 4.84 Å². The van der Waals surface area contributed by atoms with Crippen LogP contribution in [-0.2, 0) is 9.63 Å². The maximum Gasteiger partial charge on any atom is 0.329 e. The first-order valence-corrected chi connectivity index (χ1v) is 4.25. The lowest BCUT2D eigenvalue weighted by atomic mass is 10.2. The third-order valence-corrected chi connectivity index (χ3v) is 1.62. The molecule has 0 atom stereocenters. The third kappa shape index (κ3) is 3.30. The lowest BCUT2D eigenvalue weighted by Gasteiger charge is -2.04. The fourth-order valence-electron chi connectivity index (χ4n) is 0.941. The summed E-state index contributed by atoms with van der Waals surface area (Å²) in [6.07, 6.45) is 0. The van der Waals surface area contributed by atoms with E-state index in [4.69, 9.17) is 4.74 Å². The van der Waals surface area contributed by atoms with Crippen molar-refractivity contribution in [2.75, 3.05) is 7.11 Å². The Hall–Kier alpha value is -2.04. The van der Waals surface area contributed by atoms with Crippen LogP contribution in [0, 0.1) is 0 Å². The molecular formula is C10H11NO4. The summed E-state index contributed by atoms with van der Waals surface area (Å²) in [5, 5.41) is 0. The van der Waals surface area contributed by atoms with Crippen LogP contribution in [-0.4, -0.2) is 19.0 Å². The van der Waals surface area contributed by atoms with Gasteiger partial charge in [0.05, 0.1) is 7.11 Å². The van der Waals surface area contributed by atoms with E-state index in [0.717, 1.165) is 0 Å². The molecule has 0 fully saturated rings. The molecule has 0 heterocycles. The van der Waals surface area contributed by atoms with Gasteiger partial charge in [0.1, 0.15) is 5.75 Å². The van der Waals surface area contributed by atoms with Gasteiger partial charge in [-0.15, -0.1) is 0 Å². The van der Waals surface area contributed by atoms with E-state index >= 15 is 0 Å². The zero-order chi connectivity index (χ0) is 11.3. The van der Waals surface area contributed by atoms with E-state index in [9.17, 15) is 9.59 Å². The van der Waals surface area contributed by atoms with Crippen LogP contribution in [0.15, 0.2) is 24.3 Å². The molecule has 0 bridgehead atoms. The Morgan fingerprint density at radius 2 is 2.07 bits per heavy atom. The summed E-state index contributed by atoms with van der Waals surface area (Å²) in [5.74, 6) is -0.513. The van der Waals surface area contributed by atoms with Crippen LogP contribution in [0.3, 0.4) is 0 Å². The number of amides is 1. The van der Waals surface area contributed by atoms with Crippen LogP contribution in [0.25, 0.3) is 0 Å². The first-order valence-electron chi connectivity index (χ1n) is 4.25. The Morgan fingerprint density at radius 1 is 1.33 bits per heavy atom. The van der Waals surface area contributed by atoms with Gasteiger partial charge in [-0.05, 0) is 18.2 Å². The number of methoxy groups -OCH3 is 1. The Labute approximate surface area is 86.9 Å². The number of hydroxylamine groups is 1. The molecule has 0 saturated heterocycles. The fraction of sp³-hybridized carbons (Fsp3) is 0.200. The predicted octanol–water partition coefficient (Wildman–Crippen LogP) is 0.903. The molecule has 0 aliphatic carbocycles. The Balaban J connectivity index is 2.69. The van der Waals surface area contributed by atoms with Gasteiger partial charge in [-0.1, -0.05) is 6.07 Å². The molecule has 5 nitrogen and oxygen atoms in total. The summed E-state index contributed by atoms with van der Waals surface area (Å²) in [7, 11) is 1.50. The topological polar surface area (TPSA) is 64.6 Å². The van der Waals surface area contributed by atoms with Crippen molar-refractivity contribution in [2.24, 2.45) is 0 Å². The second-order valence-electron chi connectivity index (χ2n) is 2.76. The number of hydrogen-bond acceptors (Lipinski definition) is 4. The number of carbonyl (C=O) groups is 2. The third-order valence-electron chi connectivity index (χ3n) is 1.62. The largest absolute Gasteiger partial charge is 0.497 e. The first kappa shape index (κ1) is 11.0. The summed E-state index contributed by atoms with van der Waals surface area (Å²) in [6.45, 7) is 1.20. The molecule has 0 saturated carbocycles. The molecule has 1 N–H and O–H groups in total. The SMILES string of the molecule is COc1cccc(C(=O)NOC(C)=O)c1. The molecule has 0 radical (unpaired) electrons. The minimum atomic E-state index is -0.578. The van der Waals surface area contributed by atoms with Crippen molar-refractivity contribution in [3.63, 3.8) is 0 Å². The average molecular weight is 209 g/mol. The van der Waals surface area contributed by atoms with Crippen molar-refractivity contribution >= 4 is 11.9 Å². The van der Waals surface area contributed by atoms with Gasteiger partial charge in [0, 0.05) is 12.5 Å². The molecule has 0 aliphatic rings. The van der Waals surface area contributed by atoms with Gasteiger partial charge < -0.3 is 9.57 Å². The van der Waals surface area contributed by atoms with Crippen molar-refractivity contribution in [3.05, 3.63) is 29.8 Å². The molecule has 0 spiro atoms. The Morgan fingerprint density at radius 3 is 2.67 bits per heavy atom. The predicted molar refractivity (Wildman–Crippen MR) is 52.2 cm³/mol. The number of nitrogens with one attached hydrogen (secondary N) is 1. The van der Waals surface area contributed by atoms with Gasteiger partial charge in [0.25, 0.3) is 5.91 Å². The molecule has 1 aromatic rings. The molecule has 15 heavy (non-hydrogen) atoms. The van der Waals surface area contributed by atoms with Crippen LogP contribution in [0.5, 0.6) is 5.75 Å². The van der Waals surface area contributed by atoms with Crippen molar-refractivity contribution in [2.45, 2.75) is 6.92 Å². The second kappa shape index (κ2) is 4.99. The van der Waals surface area contributed by atoms with Crippen LogP contribution in [0.2, 0.25) is 0 Å².